The van der Waals surface area contributed by atoms with Crippen molar-refractivity contribution < 1.29 is 22.4 Å². The van der Waals surface area contributed by atoms with Gasteiger partial charge in [0.15, 0.2) is 0 Å². The second-order valence-electron chi connectivity index (χ2n) is 2.67. The van der Waals surface area contributed by atoms with E-state index in [0.29, 0.717) is 12.1 Å². The van der Waals surface area contributed by atoms with Gasteiger partial charge in [-0.15, -0.1) is 0 Å². The summed E-state index contributed by atoms with van der Waals surface area (Å²) in [5.74, 6) is -2.24. The van der Waals surface area contributed by atoms with Crippen LogP contribution in [0.2, 0.25) is 0 Å². The van der Waals surface area contributed by atoms with Crippen LogP contribution in [0, 0.1) is 9.39 Å². The number of rotatable bonds is 1. The first-order chi connectivity index (χ1) is 6.73. The molecule has 1 rings (SSSR count). The molecule has 0 bridgehead atoms. The molecule has 2 nitrogen and oxygen atoms in total. The third kappa shape index (κ3) is 2.58. The molecule has 1 amide bonds. The maximum absolute atomic E-state index is 12.8. The molecule has 0 heterocycles. The zero-order valence-electron chi connectivity index (χ0n) is 7.03. The van der Waals surface area contributed by atoms with Crippen molar-refractivity contribution in [2.75, 3.05) is 0 Å². The molecule has 2 N–H and O–H groups in total. The molecular formula is C8H4F4INO. The van der Waals surface area contributed by atoms with Gasteiger partial charge in [0.1, 0.15) is 5.82 Å². The number of nitrogens with two attached hydrogens (primary N) is 1. The molecule has 0 saturated heterocycles. The Labute approximate surface area is 95.6 Å². The number of benzene rings is 1. The van der Waals surface area contributed by atoms with E-state index in [-0.39, 0.29) is 0 Å². The summed E-state index contributed by atoms with van der Waals surface area (Å²) in [5.41, 5.74) is 2.69. The quantitative estimate of drug-likeness (QED) is 0.623. The number of alkyl halides is 3. The molecule has 82 valence electrons. The molecule has 0 saturated carbocycles. The van der Waals surface area contributed by atoms with Crippen molar-refractivity contribution in [3.63, 3.8) is 0 Å². The highest BCUT2D eigenvalue weighted by atomic mass is 127. The van der Waals surface area contributed by atoms with E-state index in [1.165, 1.54) is 22.6 Å². The minimum Gasteiger partial charge on any atom is -0.366 e. The van der Waals surface area contributed by atoms with E-state index in [9.17, 15) is 22.4 Å². The van der Waals surface area contributed by atoms with Gasteiger partial charge in [0.05, 0.1) is 11.1 Å². The Kier molecular flexibility index (Phi) is 3.22. The summed E-state index contributed by atoms with van der Waals surface area (Å²) < 4.78 is 49.8. The lowest BCUT2D eigenvalue weighted by Crippen LogP contribution is -2.20. The van der Waals surface area contributed by atoms with Crippen LogP contribution in [0.5, 0.6) is 0 Å². The van der Waals surface area contributed by atoms with Crippen LogP contribution in [-0.4, -0.2) is 5.91 Å². The van der Waals surface area contributed by atoms with E-state index in [1.807, 2.05) is 0 Å². The van der Waals surface area contributed by atoms with E-state index in [1.54, 1.807) is 0 Å². The third-order valence-corrected chi connectivity index (χ3v) is 2.45. The highest BCUT2D eigenvalue weighted by molar-refractivity contribution is 14.1. The minimum absolute atomic E-state index is 0.395. The molecule has 0 aliphatic rings. The first-order valence-electron chi connectivity index (χ1n) is 3.59. The molecule has 0 aromatic heterocycles. The maximum Gasteiger partial charge on any atom is 0.418 e. The zero-order chi connectivity index (χ0) is 11.8. The number of hydrogen-bond acceptors (Lipinski definition) is 1. The van der Waals surface area contributed by atoms with Gasteiger partial charge in [-0.1, -0.05) is 0 Å². The van der Waals surface area contributed by atoms with Gasteiger partial charge in [-0.05, 0) is 34.7 Å². The molecule has 0 radical (unpaired) electrons. The molecule has 0 atom stereocenters. The summed E-state index contributed by atoms with van der Waals surface area (Å²) in [4.78, 5) is 10.7. The van der Waals surface area contributed by atoms with Gasteiger partial charge < -0.3 is 5.73 Å². The molecule has 1 aromatic rings. The SMILES string of the molecule is NC(=O)c1cc(F)cc(I)c1C(F)(F)F. The van der Waals surface area contributed by atoms with Gasteiger partial charge >= 0.3 is 6.18 Å². The number of amides is 1. The predicted molar refractivity (Wildman–Crippen MR) is 52.6 cm³/mol. The summed E-state index contributed by atoms with van der Waals surface area (Å²) in [7, 11) is 0. The van der Waals surface area contributed by atoms with Crippen molar-refractivity contribution in [3.05, 3.63) is 32.6 Å². The Morgan fingerprint density at radius 1 is 1.33 bits per heavy atom. The highest BCUT2D eigenvalue weighted by Crippen LogP contribution is 2.35. The minimum atomic E-state index is -4.73. The summed E-state index contributed by atoms with van der Waals surface area (Å²) in [6.07, 6.45) is -4.73. The number of carbonyl (C=O) groups is 1. The molecular weight excluding hydrogens is 329 g/mol. The number of hydrogen-bond donors (Lipinski definition) is 1. The highest BCUT2D eigenvalue weighted by Gasteiger charge is 2.37. The second kappa shape index (κ2) is 3.95. The van der Waals surface area contributed by atoms with Crippen molar-refractivity contribution >= 4 is 28.5 Å². The van der Waals surface area contributed by atoms with E-state index in [0.717, 1.165) is 0 Å². The third-order valence-electron chi connectivity index (χ3n) is 1.60. The first-order valence-corrected chi connectivity index (χ1v) is 4.67. The van der Waals surface area contributed by atoms with E-state index in [4.69, 9.17) is 5.73 Å². The molecule has 1 aromatic carbocycles. The monoisotopic (exact) mass is 333 g/mol. The molecule has 0 aliphatic heterocycles. The van der Waals surface area contributed by atoms with Crippen molar-refractivity contribution in [2.45, 2.75) is 6.18 Å². The second-order valence-corrected chi connectivity index (χ2v) is 3.83. The fourth-order valence-corrected chi connectivity index (χ4v) is 1.95. The van der Waals surface area contributed by atoms with Crippen LogP contribution >= 0.6 is 22.6 Å². The molecule has 7 heteroatoms. The Bertz CT molecular complexity index is 416. The van der Waals surface area contributed by atoms with Gasteiger partial charge in [0, 0.05) is 3.57 Å². The standard InChI is InChI=1S/C8H4F4INO/c9-3-1-4(7(14)15)6(5(13)2-3)8(10,11)12/h1-2H,(H2,14,15). The number of halogens is 5. The Morgan fingerprint density at radius 2 is 1.87 bits per heavy atom. The summed E-state index contributed by atoms with van der Waals surface area (Å²) in [6.45, 7) is 0. The average Bonchev–Trinajstić information content (AvgIpc) is 1.99. The Balaban J connectivity index is 3.55. The Hall–Kier alpha value is -0.860. The van der Waals surface area contributed by atoms with Crippen LogP contribution in [0.1, 0.15) is 15.9 Å². The summed E-state index contributed by atoms with van der Waals surface area (Å²) >= 11 is 1.30. The topological polar surface area (TPSA) is 43.1 Å². The molecule has 0 aliphatic carbocycles. The van der Waals surface area contributed by atoms with Gasteiger partial charge in [-0.3, -0.25) is 4.79 Å². The number of primary amides is 1. The largest absolute Gasteiger partial charge is 0.418 e. The van der Waals surface area contributed by atoms with Crippen LogP contribution < -0.4 is 5.73 Å². The maximum atomic E-state index is 12.8. The van der Waals surface area contributed by atoms with Crippen molar-refractivity contribution in [1.29, 1.82) is 0 Å². The average molecular weight is 333 g/mol. The van der Waals surface area contributed by atoms with Gasteiger partial charge in [0.2, 0.25) is 5.91 Å². The van der Waals surface area contributed by atoms with Crippen molar-refractivity contribution in [3.8, 4) is 0 Å². The van der Waals surface area contributed by atoms with Crippen LogP contribution in [0.25, 0.3) is 0 Å². The van der Waals surface area contributed by atoms with E-state index >= 15 is 0 Å². The predicted octanol–water partition coefficient (Wildman–Crippen LogP) is 2.55. The fourth-order valence-electron chi connectivity index (χ4n) is 1.06. The smallest absolute Gasteiger partial charge is 0.366 e. The molecule has 0 spiro atoms. The molecule has 15 heavy (non-hydrogen) atoms. The van der Waals surface area contributed by atoms with Crippen LogP contribution in [0.3, 0.4) is 0 Å². The van der Waals surface area contributed by atoms with Crippen LogP contribution in [0.4, 0.5) is 17.6 Å². The van der Waals surface area contributed by atoms with Gasteiger partial charge in [-0.25, -0.2) is 4.39 Å². The van der Waals surface area contributed by atoms with Gasteiger partial charge in [0.25, 0.3) is 0 Å². The fraction of sp³-hybridized carbons (Fsp3) is 0.125. The zero-order valence-corrected chi connectivity index (χ0v) is 9.19. The summed E-state index contributed by atoms with van der Waals surface area (Å²) in [6, 6.07) is 1.17. The molecule has 0 fully saturated rings. The lowest BCUT2D eigenvalue weighted by molar-refractivity contribution is -0.138. The van der Waals surface area contributed by atoms with E-state index < -0.39 is 32.6 Å². The Morgan fingerprint density at radius 3 is 2.27 bits per heavy atom. The summed E-state index contributed by atoms with van der Waals surface area (Å²) in [5, 5.41) is 0. The number of carbonyl (C=O) groups excluding carboxylic acids is 1. The molecule has 0 unspecified atom stereocenters. The van der Waals surface area contributed by atoms with Crippen molar-refractivity contribution in [1.82, 2.24) is 0 Å². The first kappa shape index (κ1) is 12.2. The van der Waals surface area contributed by atoms with E-state index in [2.05, 4.69) is 0 Å². The lowest BCUT2D eigenvalue weighted by atomic mass is 10.1. The normalized spacial score (nSPS) is 11.5. The van der Waals surface area contributed by atoms with Crippen LogP contribution in [-0.2, 0) is 6.18 Å². The lowest BCUT2D eigenvalue weighted by Gasteiger charge is -2.12. The van der Waals surface area contributed by atoms with Gasteiger partial charge in [-0.2, -0.15) is 13.2 Å². The van der Waals surface area contributed by atoms with Crippen molar-refractivity contribution in [2.24, 2.45) is 5.73 Å². The van der Waals surface area contributed by atoms with Crippen LogP contribution in [0.15, 0.2) is 12.1 Å².